The Hall–Kier alpha value is -0.300. The van der Waals surface area contributed by atoms with Crippen molar-refractivity contribution in [2.24, 2.45) is 17.8 Å². The van der Waals surface area contributed by atoms with Crippen molar-refractivity contribution in [1.82, 2.24) is 0 Å². The van der Waals surface area contributed by atoms with Crippen LogP contribution in [-0.4, -0.2) is 11.2 Å². The van der Waals surface area contributed by atoms with E-state index in [1.807, 2.05) is 0 Å². The average Bonchev–Trinajstić information content (AvgIpc) is 2.29. The van der Waals surface area contributed by atoms with Gasteiger partial charge in [-0.05, 0) is 43.9 Å². The van der Waals surface area contributed by atoms with Crippen molar-refractivity contribution in [2.75, 3.05) is 0 Å². The Morgan fingerprint density at radius 1 is 1.29 bits per heavy atom. The third-order valence-corrected chi connectivity index (χ3v) is 4.67. The predicted octanol–water partition coefficient (Wildman–Crippen LogP) is 4.31. The lowest BCUT2D eigenvalue weighted by atomic mass is 9.76. The first-order valence-electron chi connectivity index (χ1n) is 7.50. The molecule has 0 aliphatic heterocycles. The molecule has 2 rings (SSSR count). The highest BCUT2D eigenvalue weighted by Crippen LogP contribution is 2.35. The van der Waals surface area contributed by atoms with Gasteiger partial charge >= 0.3 is 0 Å². The number of allylic oxidation sites excluding steroid dienone is 2. The molecule has 0 heterocycles. The molecule has 1 saturated carbocycles. The molecule has 0 saturated heterocycles. The van der Waals surface area contributed by atoms with Crippen molar-refractivity contribution in [3.63, 3.8) is 0 Å². The molecular formula is C16H28O. The van der Waals surface area contributed by atoms with Gasteiger partial charge in [0, 0.05) is 0 Å². The molecule has 3 unspecified atom stereocenters. The van der Waals surface area contributed by atoms with Crippen LogP contribution in [0.25, 0.3) is 0 Å². The van der Waals surface area contributed by atoms with Crippen LogP contribution in [0.15, 0.2) is 11.6 Å². The van der Waals surface area contributed by atoms with E-state index < -0.39 is 0 Å². The lowest BCUT2D eigenvalue weighted by Gasteiger charge is -2.32. The molecule has 1 nitrogen and oxygen atoms in total. The zero-order valence-electron chi connectivity index (χ0n) is 11.5. The molecule has 0 spiro atoms. The van der Waals surface area contributed by atoms with E-state index in [-0.39, 0.29) is 6.10 Å². The Balaban J connectivity index is 1.83. The van der Waals surface area contributed by atoms with Crippen molar-refractivity contribution in [3.8, 4) is 0 Å². The highest BCUT2D eigenvalue weighted by Gasteiger charge is 2.27. The van der Waals surface area contributed by atoms with Gasteiger partial charge < -0.3 is 5.11 Å². The summed E-state index contributed by atoms with van der Waals surface area (Å²) in [6.07, 6.45) is 12.6. The summed E-state index contributed by atoms with van der Waals surface area (Å²) >= 11 is 0. The molecule has 2 aliphatic rings. The Morgan fingerprint density at radius 2 is 2.00 bits per heavy atom. The van der Waals surface area contributed by atoms with Crippen LogP contribution in [-0.2, 0) is 0 Å². The summed E-state index contributed by atoms with van der Waals surface area (Å²) in [5.41, 5.74) is 1.48. The summed E-state index contributed by atoms with van der Waals surface area (Å²) < 4.78 is 0. The van der Waals surface area contributed by atoms with Crippen molar-refractivity contribution < 1.29 is 5.11 Å². The van der Waals surface area contributed by atoms with E-state index in [1.54, 1.807) is 0 Å². The summed E-state index contributed by atoms with van der Waals surface area (Å²) in [6, 6.07) is 0. The number of rotatable bonds is 3. The van der Waals surface area contributed by atoms with Crippen LogP contribution in [0.5, 0.6) is 0 Å². The SMILES string of the molecule is CC1=CC(C)CC(C(O)CC2CCCCC2)C1. The summed E-state index contributed by atoms with van der Waals surface area (Å²) in [5.74, 6) is 1.99. The minimum Gasteiger partial charge on any atom is -0.393 e. The molecule has 0 aromatic carbocycles. The van der Waals surface area contributed by atoms with Gasteiger partial charge in [-0.25, -0.2) is 0 Å². The first kappa shape index (κ1) is 13.1. The Morgan fingerprint density at radius 3 is 2.65 bits per heavy atom. The molecule has 1 N–H and O–H groups in total. The standard InChI is InChI=1S/C16H28O/c1-12-8-13(2)10-15(9-12)16(17)11-14-6-4-3-5-7-14/h8,12,14-17H,3-7,9-11H2,1-2H3. The van der Waals surface area contributed by atoms with E-state index in [1.165, 1.54) is 44.1 Å². The van der Waals surface area contributed by atoms with Crippen molar-refractivity contribution in [1.29, 1.82) is 0 Å². The first-order valence-corrected chi connectivity index (χ1v) is 7.50. The summed E-state index contributed by atoms with van der Waals surface area (Å²) in [6.45, 7) is 4.50. The van der Waals surface area contributed by atoms with E-state index in [9.17, 15) is 5.11 Å². The molecule has 3 atom stereocenters. The fourth-order valence-corrected chi connectivity index (χ4v) is 3.85. The van der Waals surface area contributed by atoms with Crippen LogP contribution >= 0.6 is 0 Å². The van der Waals surface area contributed by atoms with E-state index in [0.717, 1.165) is 18.8 Å². The third kappa shape index (κ3) is 3.84. The number of aliphatic hydroxyl groups excluding tert-OH is 1. The highest BCUT2D eigenvalue weighted by atomic mass is 16.3. The molecule has 17 heavy (non-hydrogen) atoms. The fraction of sp³-hybridized carbons (Fsp3) is 0.875. The molecule has 0 aromatic rings. The molecule has 0 radical (unpaired) electrons. The van der Waals surface area contributed by atoms with Crippen LogP contribution in [0.4, 0.5) is 0 Å². The van der Waals surface area contributed by atoms with Gasteiger partial charge in [0.2, 0.25) is 0 Å². The van der Waals surface area contributed by atoms with Gasteiger partial charge in [-0.15, -0.1) is 0 Å². The van der Waals surface area contributed by atoms with Crippen molar-refractivity contribution >= 4 is 0 Å². The van der Waals surface area contributed by atoms with Crippen LogP contribution in [0, 0.1) is 17.8 Å². The maximum Gasteiger partial charge on any atom is 0.0574 e. The predicted molar refractivity (Wildman–Crippen MR) is 72.8 cm³/mol. The van der Waals surface area contributed by atoms with E-state index in [0.29, 0.717) is 11.8 Å². The van der Waals surface area contributed by atoms with Gasteiger partial charge in [0.25, 0.3) is 0 Å². The first-order chi connectivity index (χ1) is 8.15. The molecular weight excluding hydrogens is 208 g/mol. The van der Waals surface area contributed by atoms with Gasteiger partial charge in [-0.1, -0.05) is 50.7 Å². The quantitative estimate of drug-likeness (QED) is 0.724. The van der Waals surface area contributed by atoms with Gasteiger partial charge in [0.1, 0.15) is 0 Å². The zero-order valence-corrected chi connectivity index (χ0v) is 11.5. The summed E-state index contributed by atoms with van der Waals surface area (Å²) in [4.78, 5) is 0. The molecule has 2 aliphatic carbocycles. The topological polar surface area (TPSA) is 20.2 Å². The van der Waals surface area contributed by atoms with Crippen molar-refractivity contribution in [3.05, 3.63) is 11.6 Å². The second-order valence-corrected chi connectivity index (χ2v) is 6.50. The summed E-state index contributed by atoms with van der Waals surface area (Å²) in [7, 11) is 0. The molecule has 0 aromatic heterocycles. The number of aliphatic hydroxyl groups is 1. The van der Waals surface area contributed by atoms with Gasteiger partial charge in [0.15, 0.2) is 0 Å². The van der Waals surface area contributed by atoms with Crippen LogP contribution in [0.1, 0.15) is 65.2 Å². The minimum atomic E-state index is -0.0517. The molecule has 1 fully saturated rings. The lowest BCUT2D eigenvalue weighted by Crippen LogP contribution is -2.28. The van der Waals surface area contributed by atoms with E-state index in [4.69, 9.17) is 0 Å². The van der Waals surface area contributed by atoms with Gasteiger partial charge in [-0.3, -0.25) is 0 Å². The second-order valence-electron chi connectivity index (χ2n) is 6.50. The Labute approximate surface area is 106 Å². The Bertz CT molecular complexity index is 263. The normalized spacial score (nSPS) is 33.2. The van der Waals surface area contributed by atoms with E-state index in [2.05, 4.69) is 19.9 Å². The van der Waals surface area contributed by atoms with Crippen LogP contribution in [0.3, 0.4) is 0 Å². The molecule has 1 heteroatoms. The van der Waals surface area contributed by atoms with Crippen LogP contribution < -0.4 is 0 Å². The average molecular weight is 236 g/mol. The zero-order chi connectivity index (χ0) is 12.3. The molecule has 98 valence electrons. The van der Waals surface area contributed by atoms with Crippen molar-refractivity contribution in [2.45, 2.75) is 71.3 Å². The largest absolute Gasteiger partial charge is 0.393 e. The monoisotopic (exact) mass is 236 g/mol. The highest BCUT2D eigenvalue weighted by molar-refractivity contribution is 5.07. The number of hydrogen-bond donors (Lipinski definition) is 1. The minimum absolute atomic E-state index is 0.0517. The maximum absolute atomic E-state index is 10.4. The summed E-state index contributed by atoms with van der Waals surface area (Å²) in [5, 5.41) is 10.4. The molecule has 0 amide bonds. The smallest absolute Gasteiger partial charge is 0.0574 e. The van der Waals surface area contributed by atoms with Gasteiger partial charge in [0.05, 0.1) is 6.10 Å². The number of hydrogen-bond acceptors (Lipinski definition) is 1. The maximum atomic E-state index is 10.4. The third-order valence-electron chi connectivity index (χ3n) is 4.67. The fourth-order valence-electron chi connectivity index (χ4n) is 3.85. The Kier molecular flexibility index (Phi) is 4.67. The molecule has 0 bridgehead atoms. The lowest BCUT2D eigenvalue weighted by molar-refractivity contribution is 0.0627. The van der Waals surface area contributed by atoms with Gasteiger partial charge in [-0.2, -0.15) is 0 Å². The van der Waals surface area contributed by atoms with E-state index >= 15 is 0 Å². The van der Waals surface area contributed by atoms with Crippen LogP contribution in [0.2, 0.25) is 0 Å². The second kappa shape index (κ2) is 6.04.